The lowest BCUT2D eigenvalue weighted by Crippen LogP contribution is -2.45. The minimum Gasteiger partial charge on any atom is -0.470 e. The molecule has 2 bridgehead atoms. The summed E-state index contributed by atoms with van der Waals surface area (Å²) in [5.74, 6) is 0.0795. The number of hydrogen-bond donors (Lipinski definition) is 2. The lowest BCUT2D eigenvalue weighted by molar-refractivity contribution is 0.0902. The van der Waals surface area contributed by atoms with Gasteiger partial charge in [0.15, 0.2) is 11.5 Å². The molecule has 2 saturated heterocycles. The summed E-state index contributed by atoms with van der Waals surface area (Å²) in [5, 5.41) is 12.1. The highest BCUT2D eigenvalue weighted by molar-refractivity contribution is 6.00. The third-order valence-electron chi connectivity index (χ3n) is 5.67. The van der Waals surface area contributed by atoms with Gasteiger partial charge in [0.1, 0.15) is 17.5 Å². The van der Waals surface area contributed by atoms with Gasteiger partial charge in [-0.3, -0.25) is 9.63 Å². The van der Waals surface area contributed by atoms with E-state index in [1.54, 1.807) is 21.8 Å². The summed E-state index contributed by atoms with van der Waals surface area (Å²) in [6, 6.07) is 2.55. The van der Waals surface area contributed by atoms with Crippen molar-refractivity contribution in [2.24, 2.45) is 0 Å². The van der Waals surface area contributed by atoms with Crippen molar-refractivity contribution in [1.82, 2.24) is 30.2 Å². The van der Waals surface area contributed by atoms with Crippen molar-refractivity contribution in [1.29, 1.82) is 0 Å². The molecule has 0 radical (unpaired) electrons. The van der Waals surface area contributed by atoms with Crippen LogP contribution in [0.1, 0.15) is 28.4 Å². The summed E-state index contributed by atoms with van der Waals surface area (Å²) in [5.41, 5.74) is 1.36. The minimum atomic E-state index is -0.454. The molecule has 0 aliphatic carbocycles. The molecule has 154 valence electrons. The SMILES string of the molecule is O=C1NC2CNCC2Oc2ncc(F)cc2[C@H]2CCON2c2ccn3ncc1c3n2. The summed E-state index contributed by atoms with van der Waals surface area (Å²) < 4.78 is 21.9. The highest BCUT2D eigenvalue weighted by Gasteiger charge is 2.36. The number of rotatable bonds is 0. The Morgan fingerprint density at radius 2 is 2.20 bits per heavy atom. The average Bonchev–Trinajstić information content (AvgIpc) is 3.48. The number of nitrogens with one attached hydrogen (secondary N) is 2. The van der Waals surface area contributed by atoms with Crippen molar-refractivity contribution in [2.75, 3.05) is 24.8 Å². The number of halogens is 1. The first kappa shape index (κ1) is 17.5. The van der Waals surface area contributed by atoms with Crippen LogP contribution in [0.15, 0.2) is 30.7 Å². The quantitative estimate of drug-likeness (QED) is 0.554. The lowest BCUT2D eigenvalue weighted by atomic mass is 10.1. The van der Waals surface area contributed by atoms with Crippen LogP contribution in [0.25, 0.3) is 5.65 Å². The van der Waals surface area contributed by atoms with E-state index in [1.165, 1.54) is 12.3 Å². The first-order valence-corrected chi connectivity index (χ1v) is 9.77. The third kappa shape index (κ3) is 2.70. The molecule has 10 nitrogen and oxygen atoms in total. The van der Waals surface area contributed by atoms with Crippen molar-refractivity contribution in [2.45, 2.75) is 24.6 Å². The van der Waals surface area contributed by atoms with Crippen LogP contribution in [-0.2, 0) is 4.84 Å². The van der Waals surface area contributed by atoms with Crippen LogP contribution in [-0.4, -0.2) is 57.3 Å². The maximum Gasteiger partial charge on any atom is 0.257 e. The summed E-state index contributed by atoms with van der Waals surface area (Å²) >= 11 is 0. The zero-order chi connectivity index (χ0) is 20.2. The molecule has 3 aromatic heterocycles. The van der Waals surface area contributed by atoms with Crippen LogP contribution in [0, 0.1) is 5.82 Å². The van der Waals surface area contributed by atoms with Crippen molar-refractivity contribution < 1.29 is 18.8 Å². The zero-order valence-corrected chi connectivity index (χ0v) is 15.8. The molecule has 11 heteroatoms. The van der Waals surface area contributed by atoms with Gasteiger partial charge < -0.3 is 15.4 Å². The van der Waals surface area contributed by atoms with Crippen molar-refractivity contribution in [3.63, 3.8) is 0 Å². The monoisotopic (exact) mass is 411 g/mol. The number of fused-ring (bicyclic) bond motifs is 6. The van der Waals surface area contributed by atoms with Crippen LogP contribution < -0.4 is 20.4 Å². The topological polar surface area (TPSA) is 106 Å². The zero-order valence-electron chi connectivity index (χ0n) is 15.8. The second-order valence-electron chi connectivity index (χ2n) is 7.52. The number of anilines is 1. The molecular weight excluding hydrogens is 393 g/mol. The smallest absolute Gasteiger partial charge is 0.257 e. The Morgan fingerprint density at radius 1 is 1.27 bits per heavy atom. The van der Waals surface area contributed by atoms with Gasteiger partial charge in [-0.05, 0) is 6.07 Å². The van der Waals surface area contributed by atoms with Crippen LogP contribution in [0.4, 0.5) is 10.2 Å². The molecule has 3 atom stereocenters. The van der Waals surface area contributed by atoms with Crippen molar-refractivity contribution in [3.8, 4) is 5.88 Å². The van der Waals surface area contributed by atoms with Crippen molar-refractivity contribution >= 4 is 17.4 Å². The first-order chi connectivity index (χ1) is 14.7. The Balaban J connectivity index is 1.55. The van der Waals surface area contributed by atoms with Gasteiger partial charge in [0.05, 0.1) is 31.1 Å². The molecule has 3 aliphatic heterocycles. The molecular formula is C19H18FN7O3. The second kappa shape index (κ2) is 6.61. The molecule has 1 amide bonds. The number of pyridine rings is 1. The largest absolute Gasteiger partial charge is 0.470 e. The van der Waals surface area contributed by atoms with Gasteiger partial charge >= 0.3 is 0 Å². The first-order valence-electron chi connectivity index (χ1n) is 9.77. The normalized spacial score (nSPS) is 25.6. The number of nitrogens with zero attached hydrogens (tertiary/aromatic N) is 5. The number of aromatic nitrogens is 4. The highest BCUT2D eigenvalue weighted by Crippen LogP contribution is 2.38. The fraction of sp³-hybridized carbons (Fsp3) is 0.368. The van der Waals surface area contributed by atoms with Crippen molar-refractivity contribution in [3.05, 3.63) is 47.7 Å². The molecule has 0 saturated carbocycles. The maximum atomic E-state index is 14.1. The van der Waals surface area contributed by atoms with Crippen LogP contribution in [0.5, 0.6) is 5.88 Å². The van der Waals surface area contributed by atoms with Gasteiger partial charge in [0.25, 0.3) is 5.91 Å². The minimum absolute atomic E-state index is 0.285. The second-order valence-corrected chi connectivity index (χ2v) is 7.52. The molecule has 6 rings (SSSR count). The van der Waals surface area contributed by atoms with E-state index >= 15 is 0 Å². The molecule has 3 aliphatic rings. The molecule has 2 N–H and O–H groups in total. The van der Waals surface area contributed by atoms with Gasteiger partial charge in [-0.25, -0.2) is 23.9 Å². The van der Waals surface area contributed by atoms with E-state index in [9.17, 15) is 9.18 Å². The predicted octanol–water partition coefficient (Wildman–Crippen LogP) is 0.609. The van der Waals surface area contributed by atoms with Gasteiger partial charge in [0.2, 0.25) is 5.88 Å². The van der Waals surface area contributed by atoms with E-state index in [4.69, 9.17) is 9.57 Å². The van der Waals surface area contributed by atoms with E-state index < -0.39 is 5.82 Å². The fourth-order valence-electron chi connectivity index (χ4n) is 4.21. The Labute approximate surface area is 170 Å². The van der Waals surface area contributed by atoms with E-state index in [0.29, 0.717) is 54.6 Å². The molecule has 2 unspecified atom stereocenters. The van der Waals surface area contributed by atoms with Crippen LogP contribution in [0.2, 0.25) is 0 Å². The van der Waals surface area contributed by atoms with Gasteiger partial charge in [-0.1, -0.05) is 0 Å². The van der Waals surface area contributed by atoms with Crippen LogP contribution in [0.3, 0.4) is 0 Å². The highest BCUT2D eigenvalue weighted by atomic mass is 19.1. The van der Waals surface area contributed by atoms with E-state index in [1.807, 2.05) is 0 Å². The lowest BCUT2D eigenvalue weighted by Gasteiger charge is -2.26. The molecule has 3 aromatic rings. The Morgan fingerprint density at radius 3 is 3.13 bits per heavy atom. The van der Waals surface area contributed by atoms with Gasteiger partial charge in [-0.2, -0.15) is 5.10 Å². The maximum absolute atomic E-state index is 14.1. The number of hydrogen-bond acceptors (Lipinski definition) is 8. The summed E-state index contributed by atoms with van der Waals surface area (Å²) in [6.45, 7) is 1.51. The summed E-state index contributed by atoms with van der Waals surface area (Å²) in [7, 11) is 0. The average molecular weight is 411 g/mol. The third-order valence-corrected chi connectivity index (χ3v) is 5.67. The van der Waals surface area contributed by atoms with Crippen LogP contribution >= 0.6 is 0 Å². The Bertz CT molecular complexity index is 1150. The number of amides is 1. The number of hydroxylamine groups is 1. The van der Waals surface area contributed by atoms with E-state index in [2.05, 4.69) is 25.7 Å². The summed E-state index contributed by atoms with van der Waals surface area (Å²) in [6.07, 6.45) is 4.60. The predicted molar refractivity (Wildman–Crippen MR) is 102 cm³/mol. The molecule has 6 heterocycles. The Hall–Kier alpha value is -3.31. The Kier molecular flexibility index (Phi) is 3.86. The summed E-state index contributed by atoms with van der Waals surface area (Å²) in [4.78, 5) is 27.6. The molecule has 30 heavy (non-hydrogen) atoms. The number of ether oxygens (including phenoxy) is 1. The van der Waals surface area contributed by atoms with Gasteiger partial charge in [0, 0.05) is 37.3 Å². The standard InChI is InChI=1S/C19H18FN7O3/c20-10-5-11-14-2-4-29-27(14)16-1-3-26-17(25-16)12(7-23-26)18(28)24-13-8-21-9-15(13)30-19(11)22-6-10/h1,3,5-7,13-15,21H,2,4,8-9H2,(H,24,28)/t13?,14-,15?/m1/s1. The molecule has 2 fully saturated rings. The van der Waals surface area contributed by atoms with E-state index in [-0.39, 0.29) is 24.1 Å². The molecule has 0 spiro atoms. The van der Waals surface area contributed by atoms with Gasteiger partial charge in [-0.15, -0.1) is 0 Å². The fourth-order valence-corrected chi connectivity index (χ4v) is 4.21. The number of carbonyl (C=O) groups is 1. The molecule has 0 aromatic carbocycles. The number of carbonyl (C=O) groups excluding carboxylic acids is 1. The van der Waals surface area contributed by atoms with E-state index in [0.717, 1.165) is 6.20 Å².